The van der Waals surface area contributed by atoms with Crippen LogP contribution in [0.25, 0.3) is 5.69 Å². The number of carbonyl (C=O) groups is 2. The Kier molecular flexibility index (Phi) is 7.92. The Morgan fingerprint density at radius 1 is 1.04 bits per heavy atom. The fourth-order valence-electron chi connectivity index (χ4n) is 2.98. The number of anilines is 1. The summed E-state index contributed by atoms with van der Waals surface area (Å²) in [6, 6.07) is 6.82. The number of aldehydes is 1. The lowest BCUT2D eigenvalue weighted by Gasteiger charge is -2.08. The lowest BCUT2D eigenvalue weighted by Crippen LogP contribution is -2.11. The van der Waals surface area contributed by atoms with E-state index in [-0.39, 0.29) is 23.1 Å². The minimum absolute atomic E-state index is 0.0130. The first-order valence-corrected chi connectivity index (χ1v) is 9.55. The Bertz CT molecular complexity index is 750. The zero-order valence-corrected chi connectivity index (χ0v) is 15.8. The maximum Gasteiger partial charge on any atom is 0.224 e. The van der Waals surface area contributed by atoms with Crippen LogP contribution in [0.15, 0.2) is 30.5 Å². The maximum atomic E-state index is 12.0. The smallest absolute Gasteiger partial charge is 0.224 e. The predicted molar refractivity (Wildman–Crippen MR) is 106 cm³/mol. The monoisotopic (exact) mass is 372 g/mol. The second kappa shape index (κ2) is 10.4. The van der Waals surface area contributed by atoms with Crippen molar-refractivity contribution in [3.8, 4) is 17.3 Å². The van der Waals surface area contributed by atoms with Crippen molar-refractivity contribution in [3.05, 3.63) is 36.0 Å². The third kappa shape index (κ3) is 5.88. The molecule has 1 aromatic heterocycles. The summed E-state index contributed by atoms with van der Waals surface area (Å²) in [7, 11) is 0. The summed E-state index contributed by atoms with van der Waals surface area (Å²) in [6.45, 7) is 2.20. The molecule has 0 bridgehead atoms. The topological polar surface area (TPSA) is 91.6 Å². The van der Waals surface area contributed by atoms with Crippen LogP contribution in [0.1, 0.15) is 68.6 Å². The number of unbranched alkanes of at least 4 members (excludes halogenated alkanes) is 6. The highest BCUT2D eigenvalue weighted by molar-refractivity contribution is 5.90. The van der Waals surface area contributed by atoms with Gasteiger partial charge in [0.05, 0.1) is 6.20 Å². The first-order valence-electron chi connectivity index (χ1n) is 9.55. The van der Waals surface area contributed by atoms with Crippen molar-refractivity contribution < 1.29 is 19.8 Å². The molecule has 0 unspecified atom stereocenters. The van der Waals surface area contributed by atoms with E-state index < -0.39 is 0 Å². The first kappa shape index (κ1) is 20.6. The third-order valence-electron chi connectivity index (χ3n) is 4.55. The van der Waals surface area contributed by atoms with Crippen LogP contribution >= 0.6 is 0 Å². The van der Waals surface area contributed by atoms with Gasteiger partial charge in [0.15, 0.2) is 6.29 Å². The molecular formula is C21H28N2O4. The number of nitrogens with one attached hydrogen (secondary N) is 1. The highest BCUT2D eigenvalue weighted by Crippen LogP contribution is 2.31. The number of aromatic hydroxyl groups is 2. The van der Waals surface area contributed by atoms with Crippen LogP contribution in [0.4, 0.5) is 5.69 Å². The minimum Gasteiger partial charge on any atom is -0.505 e. The van der Waals surface area contributed by atoms with Gasteiger partial charge in [-0.1, -0.05) is 45.4 Å². The second-order valence-corrected chi connectivity index (χ2v) is 6.71. The summed E-state index contributed by atoms with van der Waals surface area (Å²) >= 11 is 0. The molecule has 27 heavy (non-hydrogen) atoms. The van der Waals surface area contributed by atoms with Crippen LogP contribution in [-0.2, 0) is 4.79 Å². The van der Waals surface area contributed by atoms with Gasteiger partial charge < -0.3 is 15.5 Å². The molecule has 0 aliphatic carbocycles. The van der Waals surface area contributed by atoms with Gasteiger partial charge in [0.2, 0.25) is 11.8 Å². The molecule has 3 N–H and O–H groups in total. The Balaban J connectivity index is 1.82. The largest absolute Gasteiger partial charge is 0.505 e. The van der Waals surface area contributed by atoms with E-state index in [2.05, 4.69) is 12.2 Å². The minimum atomic E-state index is -0.321. The molecule has 1 aromatic carbocycles. The number of carbonyl (C=O) groups excluding carboxylic acids is 2. The highest BCUT2D eigenvalue weighted by Gasteiger charge is 2.15. The fourth-order valence-corrected chi connectivity index (χ4v) is 2.98. The first-order chi connectivity index (χ1) is 13.1. The normalized spacial score (nSPS) is 10.7. The molecule has 0 saturated carbocycles. The van der Waals surface area contributed by atoms with Crippen LogP contribution in [0.5, 0.6) is 11.6 Å². The van der Waals surface area contributed by atoms with Crippen LogP contribution < -0.4 is 5.32 Å². The Labute approximate surface area is 159 Å². The van der Waals surface area contributed by atoms with Crippen molar-refractivity contribution >= 4 is 17.9 Å². The summed E-state index contributed by atoms with van der Waals surface area (Å²) in [6.07, 6.45) is 10.4. The molecule has 6 heteroatoms. The van der Waals surface area contributed by atoms with Crippen molar-refractivity contribution in [2.45, 2.75) is 58.3 Å². The van der Waals surface area contributed by atoms with Gasteiger partial charge in [0.25, 0.3) is 0 Å². The van der Waals surface area contributed by atoms with Gasteiger partial charge in [-0.05, 0) is 30.7 Å². The molecule has 146 valence electrons. The zero-order valence-electron chi connectivity index (χ0n) is 15.8. The van der Waals surface area contributed by atoms with Crippen molar-refractivity contribution in [2.24, 2.45) is 0 Å². The van der Waals surface area contributed by atoms with E-state index in [9.17, 15) is 19.8 Å². The van der Waals surface area contributed by atoms with E-state index in [1.807, 2.05) is 0 Å². The van der Waals surface area contributed by atoms with Crippen LogP contribution in [0, 0.1) is 0 Å². The van der Waals surface area contributed by atoms with E-state index in [1.165, 1.54) is 42.9 Å². The molecular weight excluding hydrogens is 344 g/mol. The number of amides is 1. The van der Waals surface area contributed by atoms with Gasteiger partial charge in [-0.25, -0.2) is 0 Å². The number of rotatable bonds is 11. The summed E-state index contributed by atoms with van der Waals surface area (Å²) < 4.78 is 1.31. The Hall–Kier alpha value is -2.76. The van der Waals surface area contributed by atoms with E-state index in [4.69, 9.17) is 0 Å². The molecule has 2 rings (SSSR count). The molecule has 1 heterocycles. The van der Waals surface area contributed by atoms with Gasteiger partial charge in [-0.15, -0.1) is 0 Å². The molecule has 0 spiro atoms. The molecule has 1 amide bonds. The molecule has 0 aliphatic heterocycles. The average Bonchev–Trinajstić information content (AvgIpc) is 2.95. The molecule has 0 saturated heterocycles. The molecule has 0 atom stereocenters. The summed E-state index contributed by atoms with van der Waals surface area (Å²) in [5.41, 5.74) is 1.08. The summed E-state index contributed by atoms with van der Waals surface area (Å²) in [5, 5.41) is 22.5. The SMILES string of the molecule is CCCCCCCCCC(=O)Nc1ccc(-n2cc(O)c(C=O)c2O)cc1. The van der Waals surface area contributed by atoms with Crippen molar-refractivity contribution in [3.63, 3.8) is 0 Å². The molecule has 2 aromatic rings. The molecule has 0 radical (unpaired) electrons. The van der Waals surface area contributed by atoms with Gasteiger partial charge in [-0.3, -0.25) is 14.2 Å². The Morgan fingerprint density at radius 3 is 2.26 bits per heavy atom. The van der Waals surface area contributed by atoms with E-state index >= 15 is 0 Å². The number of nitrogens with zero attached hydrogens (tertiary/aromatic N) is 1. The summed E-state index contributed by atoms with van der Waals surface area (Å²) in [4.78, 5) is 22.9. The van der Waals surface area contributed by atoms with Crippen LogP contribution in [0.2, 0.25) is 0 Å². The second-order valence-electron chi connectivity index (χ2n) is 6.71. The standard InChI is InChI=1S/C21H28N2O4/c1-2-3-4-5-6-7-8-9-20(26)22-16-10-12-17(13-11-16)23-14-19(25)18(15-24)21(23)27/h10-15,25,27H,2-9H2,1H3,(H,22,26). The number of aromatic nitrogens is 1. The van der Waals surface area contributed by atoms with Gasteiger partial charge in [0.1, 0.15) is 11.3 Å². The van der Waals surface area contributed by atoms with Gasteiger partial charge in [-0.2, -0.15) is 0 Å². The van der Waals surface area contributed by atoms with Crippen LogP contribution in [0.3, 0.4) is 0 Å². The van der Waals surface area contributed by atoms with E-state index in [0.29, 0.717) is 24.1 Å². The van der Waals surface area contributed by atoms with Crippen molar-refractivity contribution in [2.75, 3.05) is 5.32 Å². The summed E-state index contributed by atoms with van der Waals surface area (Å²) in [5.74, 6) is -0.617. The van der Waals surface area contributed by atoms with Crippen molar-refractivity contribution in [1.82, 2.24) is 4.57 Å². The zero-order chi connectivity index (χ0) is 19.6. The lowest BCUT2D eigenvalue weighted by molar-refractivity contribution is -0.116. The molecule has 6 nitrogen and oxygen atoms in total. The molecule has 0 aliphatic rings. The van der Waals surface area contributed by atoms with E-state index in [0.717, 1.165) is 12.8 Å². The Morgan fingerprint density at radius 2 is 1.67 bits per heavy atom. The predicted octanol–water partition coefficient (Wildman–Crippen LogP) is 4.78. The maximum absolute atomic E-state index is 12.0. The number of hydrogen-bond donors (Lipinski definition) is 3. The van der Waals surface area contributed by atoms with Crippen molar-refractivity contribution in [1.29, 1.82) is 0 Å². The van der Waals surface area contributed by atoms with Gasteiger partial charge in [0, 0.05) is 17.8 Å². The van der Waals surface area contributed by atoms with E-state index in [1.54, 1.807) is 24.3 Å². The number of benzene rings is 1. The fraction of sp³-hybridized carbons (Fsp3) is 0.429. The quantitative estimate of drug-likeness (QED) is 0.391. The highest BCUT2D eigenvalue weighted by atomic mass is 16.3. The van der Waals surface area contributed by atoms with Gasteiger partial charge >= 0.3 is 0 Å². The third-order valence-corrected chi connectivity index (χ3v) is 4.55. The average molecular weight is 372 g/mol. The van der Waals surface area contributed by atoms with Crippen LogP contribution in [-0.4, -0.2) is 27.0 Å². The number of hydrogen-bond acceptors (Lipinski definition) is 4. The lowest BCUT2D eigenvalue weighted by atomic mass is 10.1. The molecule has 0 fully saturated rings.